The van der Waals surface area contributed by atoms with E-state index in [1.807, 2.05) is 6.92 Å². The standard InChI is InChI=1S/C18H15F3N2O3S2/c1-2-7-23-17-14(21)8-12(20)9-15(17)27-18(23)22-16(24)10-28(25,26)13-5-3-11(19)4-6-13/h3-6,8-9H,2,7,10H2,1H3. The Morgan fingerprint density at radius 3 is 2.43 bits per heavy atom. The Bertz CT molecular complexity index is 1210. The van der Waals surface area contributed by atoms with Gasteiger partial charge in [-0.15, -0.1) is 0 Å². The Morgan fingerprint density at radius 2 is 1.79 bits per heavy atom. The summed E-state index contributed by atoms with van der Waals surface area (Å²) in [5, 5.41) is 0. The van der Waals surface area contributed by atoms with Crippen molar-refractivity contribution in [1.82, 2.24) is 4.57 Å². The van der Waals surface area contributed by atoms with Crippen LogP contribution in [0.4, 0.5) is 13.2 Å². The molecule has 10 heteroatoms. The first-order valence-electron chi connectivity index (χ1n) is 8.25. The highest BCUT2D eigenvalue weighted by Crippen LogP contribution is 2.22. The van der Waals surface area contributed by atoms with Crippen LogP contribution in [-0.4, -0.2) is 24.6 Å². The minimum absolute atomic E-state index is 0.0839. The van der Waals surface area contributed by atoms with Crippen molar-refractivity contribution < 1.29 is 26.4 Å². The molecule has 3 aromatic rings. The van der Waals surface area contributed by atoms with E-state index in [4.69, 9.17) is 0 Å². The number of thiazole rings is 1. The third-order valence-corrected chi connectivity index (χ3v) is 6.49. The summed E-state index contributed by atoms with van der Waals surface area (Å²) in [4.78, 5) is 16.0. The molecule has 1 aromatic heterocycles. The molecule has 0 bridgehead atoms. The van der Waals surface area contributed by atoms with E-state index in [0.29, 0.717) is 13.0 Å². The summed E-state index contributed by atoms with van der Waals surface area (Å²) in [5.74, 6) is -4.02. The van der Waals surface area contributed by atoms with E-state index in [1.165, 1.54) is 4.57 Å². The molecule has 0 aliphatic rings. The molecule has 1 amide bonds. The largest absolute Gasteiger partial charge is 0.314 e. The lowest BCUT2D eigenvalue weighted by atomic mass is 10.3. The molecule has 0 atom stereocenters. The van der Waals surface area contributed by atoms with Crippen LogP contribution in [0.25, 0.3) is 10.2 Å². The zero-order valence-electron chi connectivity index (χ0n) is 14.7. The van der Waals surface area contributed by atoms with E-state index >= 15 is 0 Å². The number of rotatable bonds is 5. The maximum atomic E-state index is 14.2. The van der Waals surface area contributed by atoms with Gasteiger partial charge in [0.25, 0.3) is 5.91 Å². The molecule has 0 spiro atoms. The number of sulfone groups is 1. The molecule has 2 aromatic carbocycles. The van der Waals surface area contributed by atoms with E-state index in [0.717, 1.165) is 47.7 Å². The number of nitrogens with zero attached hydrogens (tertiary/aromatic N) is 2. The fourth-order valence-corrected chi connectivity index (χ4v) is 4.89. The molecule has 0 radical (unpaired) electrons. The summed E-state index contributed by atoms with van der Waals surface area (Å²) in [6.45, 7) is 2.15. The third-order valence-electron chi connectivity index (χ3n) is 3.85. The lowest BCUT2D eigenvalue weighted by molar-refractivity contribution is -0.115. The van der Waals surface area contributed by atoms with Crippen LogP contribution in [0.5, 0.6) is 0 Å². The van der Waals surface area contributed by atoms with Gasteiger partial charge in [0, 0.05) is 12.6 Å². The molecule has 0 saturated heterocycles. The summed E-state index contributed by atoms with van der Waals surface area (Å²) in [5.41, 5.74) is 0.112. The molecule has 3 rings (SSSR count). The van der Waals surface area contributed by atoms with E-state index in [9.17, 15) is 26.4 Å². The quantitative estimate of drug-likeness (QED) is 0.585. The highest BCUT2D eigenvalue weighted by atomic mass is 32.2. The van der Waals surface area contributed by atoms with Crippen LogP contribution in [0.1, 0.15) is 13.3 Å². The zero-order chi connectivity index (χ0) is 20.5. The molecule has 0 fully saturated rings. The number of benzene rings is 2. The SMILES string of the molecule is CCCn1c(=NC(=O)CS(=O)(=O)c2ccc(F)cc2)sc2cc(F)cc(F)c21. The molecular weight excluding hydrogens is 413 g/mol. The topological polar surface area (TPSA) is 68.5 Å². The predicted octanol–water partition coefficient (Wildman–Crippen LogP) is 3.43. The number of aryl methyl sites for hydroxylation is 1. The van der Waals surface area contributed by atoms with Gasteiger partial charge >= 0.3 is 0 Å². The van der Waals surface area contributed by atoms with Crippen molar-refractivity contribution in [1.29, 1.82) is 0 Å². The Kier molecular flexibility index (Phi) is 5.71. The summed E-state index contributed by atoms with van der Waals surface area (Å²) >= 11 is 0.895. The van der Waals surface area contributed by atoms with Gasteiger partial charge in [-0.25, -0.2) is 21.6 Å². The van der Waals surface area contributed by atoms with Gasteiger partial charge in [0.15, 0.2) is 20.5 Å². The van der Waals surface area contributed by atoms with Gasteiger partial charge in [0.2, 0.25) is 0 Å². The number of amides is 1. The molecule has 1 heterocycles. The molecule has 5 nitrogen and oxygen atoms in total. The summed E-state index contributed by atoms with van der Waals surface area (Å²) in [6, 6.07) is 5.96. The zero-order valence-corrected chi connectivity index (χ0v) is 16.3. The first-order valence-corrected chi connectivity index (χ1v) is 10.7. The van der Waals surface area contributed by atoms with E-state index in [-0.39, 0.29) is 19.9 Å². The fourth-order valence-electron chi connectivity index (χ4n) is 2.67. The van der Waals surface area contributed by atoms with Crippen LogP contribution in [0.2, 0.25) is 0 Å². The first kappa shape index (κ1) is 20.3. The minimum atomic E-state index is -4.02. The van der Waals surface area contributed by atoms with Crippen molar-refractivity contribution >= 4 is 37.3 Å². The first-order chi connectivity index (χ1) is 13.2. The Morgan fingerprint density at radius 1 is 1.11 bits per heavy atom. The van der Waals surface area contributed by atoms with Crippen LogP contribution in [0, 0.1) is 17.5 Å². The second-order valence-electron chi connectivity index (χ2n) is 5.99. The van der Waals surface area contributed by atoms with Gasteiger partial charge in [-0.1, -0.05) is 18.3 Å². The normalized spacial score (nSPS) is 12.6. The fraction of sp³-hybridized carbons (Fsp3) is 0.222. The highest BCUT2D eigenvalue weighted by molar-refractivity contribution is 7.92. The van der Waals surface area contributed by atoms with E-state index < -0.39 is 38.9 Å². The van der Waals surface area contributed by atoms with Crippen molar-refractivity contribution in [3.8, 4) is 0 Å². The number of carbonyl (C=O) groups is 1. The molecule has 0 N–H and O–H groups in total. The predicted molar refractivity (Wildman–Crippen MR) is 99.0 cm³/mol. The van der Waals surface area contributed by atoms with Crippen LogP contribution in [0.3, 0.4) is 0 Å². The third kappa shape index (κ3) is 4.17. The van der Waals surface area contributed by atoms with Crippen molar-refractivity contribution in [3.63, 3.8) is 0 Å². The van der Waals surface area contributed by atoms with Gasteiger partial charge in [-0.2, -0.15) is 4.99 Å². The number of carbonyl (C=O) groups excluding carboxylic acids is 1. The summed E-state index contributed by atoms with van der Waals surface area (Å²) < 4.78 is 67.0. The van der Waals surface area contributed by atoms with Crippen LogP contribution < -0.4 is 4.80 Å². The lowest BCUT2D eigenvalue weighted by Gasteiger charge is -2.04. The molecule has 28 heavy (non-hydrogen) atoms. The monoisotopic (exact) mass is 428 g/mol. The van der Waals surface area contributed by atoms with Crippen LogP contribution in [0.15, 0.2) is 46.3 Å². The van der Waals surface area contributed by atoms with Crippen LogP contribution >= 0.6 is 11.3 Å². The average Bonchev–Trinajstić information content (AvgIpc) is 2.92. The number of hydrogen-bond donors (Lipinski definition) is 0. The van der Waals surface area contributed by atoms with Crippen molar-refractivity contribution in [2.45, 2.75) is 24.8 Å². The number of hydrogen-bond acceptors (Lipinski definition) is 4. The smallest absolute Gasteiger partial charge is 0.263 e. The molecule has 0 aliphatic carbocycles. The second kappa shape index (κ2) is 7.88. The Balaban J connectivity index is 2.01. The van der Waals surface area contributed by atoms with Gasteiger partial charge < -0.3 is 4.57 Å². The molecule has 148 valence electrons. The van der Waals surface area contributed by atoms with Crippen molar-refractivity contribution in [2.24, 2.45) is 4.99 Å². The van der Waals surface area contributed by atoms with Gasteiger partial charge in [-0.3, -0.25) is 4.79 Å². The van der Waals surface area contributed by atoms with Gasteiger partial charge in [0.1, 0.15) is 17.4 Å². The molecular formula is C18H15F3N2O3S2. The highest BCUT2D eigenvalue weighted by Gasteiger charge is 2.20. The summed E-state index contributed by atoms with van der Waals surface area (Å²) in [6.07, 6.45) is 0.595. The van der Waals surface area contributed by atoms with E-state index in [1.54, 1.807) is 0 Å². The maximum absolute atomic E-state index is 14.2. The minimum Gasteiger partial charge on any atom is -0.314 e. The molecule has 0 aliphatic heterocycles. The van der Waals surface area contributed by atoms with Gasteiger partial charge in [0.05, 0.1) is 15.1 Å². The summed E-state index contributed by atoms with van der Waals surface area (Å²) in [7, 11) is -4.02. The van der Waals surface area contributed by atoms with E-state index in [2.05, 4.69) is 4.99 Å². The lowest BCUT2D eigenvalue weighted by Crippen LogP contribution is -2.21. The molecule has 0 saturated carbocycles. The number of halogens is 3. The maximum Gasteiger partial charge on any atom is 0.263 e. The number of fused-ring (bicyclic) bond motifs is 1. The van der Waals surface area contributed by atoms with Crippen molar-refractivity contribution in [2.75, 3.05) is 5.75 Å². The van der Waals surface area contributed by atoms with Crippen LogP contribution in [-0.2, 0) is 21.2 Å². The Labute approximate surface area is 162 Å². The van der Waals surface area contributed by atoms with Crippen molar-refractivity contribution in [3.05, 3.63) is 58.7 Å². The van der Waals surface area contributed by atoms with Gasteiger partial charge in [-0.05, 0) is 36.8 Å². The Hall–Kier alpha value is -2.46. The second-order valence-corrected chi connectivity index (χ2v) is 8.99. The molecule has 0 unspecified atom stereocenters. The number of aromatic nitrogens is 1. The average molecular weight is 428 g/mol.